The molecule has 0 amide bonds. The molecule has 0 radical (unpaired) electrons. The van der Waals surface area contributed by atoms with Gasteiger partial charge in [0.25, 0.3) is 0 Å². The van der Waals surface area contributed by atoms with Crippen LogP contribution in [0, 0.1) is 17.4 Å². The largest absolute Gasteiger partial charge is 0.289 e. The molecule has 18 heavy (non-hydrogen) atoms. The monoisotopic (exact) mass is 370 g/mol. The second-order valence-corrected chi connectivity index (χ2v) is 5.85. The Morgan fingerprint density at radius 3 is 2.44 bits per heavy atom. The third kappa shape index (κ3) is 2.75. The van der Waals surface area contributed by atoms with Crippen molar-refractivity contribution < 1.29 is 4.79 Å². The molecule has 3 heteroatoms. The Hall–Kier alpha value is -0.870. The zero-order valence-corrected chi connectivity index (χ0v) is 13.0. The van der Waals surface area contributed by atoms with E-state index in [4.69, 9.17) is 11.6 Å². The maximum atomic E-state index is 12.4. The van der Waals surface area contributed by atoms with Crippen LogP contribution < -0.4 is 0 Å². The van der Waals surface area contributed by atoms with E-state index in [1.807, 2.05) is 44.2 Å². The van der Waals surface area contributed by atoms with Gasteiger partial charge in [0.05, 0.1) is 5.02 Å². The van der Waals surface area contributed by atoms with Gasteiger partial charge in [0.15, 0.2) is 5.78 Å². The summed E-state index contributed by atoms with van der Waals surface area (Å²) in [5.41, 5.74) is 3.52. The number of hydrogen-bond acceptors (Lipinski definition) is 1. The SMILES string of the molecule is Cc1ccc(C(=O)c2ccc(I)c(Cl)c2)c(C)c1. The minimum Gasteiger partial charge on any atom is -0.289 e. The smallest absolute Gasteiger partial charge is 0.193 e. The van der Waals surface area contributed by atoms with Crippen molar-refractivity contribution in [2.24, 2.45) is 0 Å². The maximum absolute atomic E-state index is 12.4. The summed E-state index contributed by atoms with van der Waals surface area (Å²) in [4.78, 5) is 12.4. The highest BCUT2D eigenvalue weighted by Gasteiger charge is 2.12. The molecule has 2 aromatic rings. The predicted octanol–water partition coefficient (Wildman–Crippen LogP) is 4.79. The van der Waals surface area contributed by atoms with Gasteiger partial charge in [0.1, 0.15) is 0 Å². The van der Waals surface area contributed by atoms with Crippen molar-refractivity contribution in [3.05, 3.63) is 67.2 Å². The second-order valence-electron chi connectivity index (χ2n) is 4.28. The first kappa shape index (κ1) is 13.6. The molecule has 0 aliphatic heterocycles. The molecule has 0 fully saturated rings. The fourth-order valence-electron chi connectivity index (χ4n) is 1.86. The molecule has 2 rings (SSSR count). The zero-order valence-electron chi connectivity index (χ0n) is 10.1. The van der Waals surface area contributed by atoms with Crippen molar-refractivity contribution in [2.75, 3.05) is 0 Å². The third-order valence-electron chi connectivity index (χ3n) is 2.81. The van der Waals surface area contributed by atoms with Crippen LogP contribution in [0.1, 0.15) is 27.0 Å². The quantitative estimate of drug-likeness (QED) is 0.548. The first-order valence-electron chi connectivity index (χ1n) is 5.56. The van der Waals surface area contributed by atoms with Crippen LogP contribution in [0.2, 0.25) is 5.02 Å². The van der Waals surface area contributed by atoms with Crippen LogP contribution in [0.25, 0.3) is 0 Å². The average Bonchev–Trinajstić information content (AvgIpc) is 2.32. The predicted molar refractivity (Wildman–Crippen MR) is 83.5 cm³/mol. The Kier molecular flexibility index (Phi) is 4.07. The number of aryl methyl sites for hydroxylation is 2. The van der Waals surface area contributed by atoms with Crippen molar-refractivity contribution >= 4 is 40.0 Å². The van der Waals surface area contributed by atoms with Gasteiger partial charge in [0.2, 0.25) is 0 Å². The molecular formula is C15H12ClIO. The number of ketones is 1. The lowest BCUT2D eigenvalue weighted by Crippen LogP contribution is -2.04. The number of carbonyl (C=O) groups excluding carboxylic acids is 1. The van der Waals surface area contributed by atoms with E-state index in [9.17, 15) is 4.79 Å². The highest BCUT2D eigenvalue weighted by Crippen LogP contribution is 2.22. The number of halogens is 2. The van der Waals surface area contributed by atoms with Gasteiger partial charge in [-0.1, -0.05) is 35.4 Å². The first-order valence-corrected chi connectivity index (χ1v) is 7.01. The lowest BCUT2D eigenvalue weighted by atomic mass is 9.98. The van der Waals surface area contributed by atoms with Crippen LogP contribution in [0.4, 0.5) is 0 Å². The fourth-order valence-corrected chi connectivity index (χ4v) is 2.38. The lowest BCUT2D eigenvalue weighted by Gasteiger charge is -2.07. The molecule has 0 atom stereocenters. The van der Waals surface area contributed by atoms with Gasteiger partial charge in [-0.15, -0.1) is 0 Å². The Balaban J connectivity index is 2.44. The summed E-state index contributed by atoms with van der Waals surface area (Å²) in [7, 11) is 0. The lowest BCUT2D eigenvalue weighted by molar-refractivity contribution is 0.103. The molecule has 0 unspecified atom stereocenters. The van der Waals surface area contributed by atoms with Crippen molar-refractivity contribution in [2.45, 2.75) is 13.8 Å². The second kappa shape index (κ2) is 5.41. The maximum Gasteiger partial charge on any atom is 0.193 e. The molecule has 0 saturated heterocycles. The summed E-state index contributed by atoms with van der Waals surface area (Å²) in [5.74, 6) is 0.0193. The van der Waals surface area contributed by atoms with Crippen molar-refractivity contribution in [1.29, 1.82) is 0 Å². The van der Waals surface area contributed by atoms with Gasteiger partial charge in [-0.3, -0.25) is 4.79 Å². The number of rotatable bonds is 2. The van der Waals surface area contributed by atoms with E-state index in [1.165, 1.54) is 0 Å². The zero-order chi connectivity index (χ0) is 13.3. The summed E-state index contributed by atoms with van der Waals surface area (Å²) in [6.07, 6.45) is 0. The van der Waals surface area contributed by atoms with Gasteiger partial charge >= 0.3 is 0 Å². The molecule has 1 nitrogen and oxygen atoms in total. The van der Waals surface area contributed by atoms with E-state index in [0.717, 1.165) is 20.3 Å². The Bertz CT molecular complexity index is 620. The summed E-state index contributed by atoms with van der Waals surface area (Å²) in [6.45, 7) is 3.97. The van der Waals surface area contributed by atoms with Crippen LogP contribution in [-0.2, 0) is 0 Å². The highest BCUT2D eigenvalue weighted by molar-refractivity contribution is 14.1. The molecule has 0 saturated carbocycles. The minimum atomic E-state index is 0.0193. The van der Waals surface area contributed by atoms with Gasteiger partial charge in [-0.2, -0.15) is 0 Å². The standard InChI is InChI=1S/C15H12ClIO/c1-9-3-5-12(10(2)7-9)15(18)11-4-6-14(17)13(16)8-11/h3-8H,1-2H3. The summed E-state index contributed by atoms with van der Waals surface area (Å²) >= 11 is 8.20. The number of benzene rings is 2. The van der Waals surface area contributed by atoms with Crippen molar-refractivity contribution in [3.63, 3.8) is 0 Å². The van der Waals surface area contributed by atoms with Gasteiger partial charge in [0, 0.05) is 14.7 Å². The molecule has 92 valence electrons. The van der Waals surface area contributed by atoms with E-state index in [2.05, 4.69) is 22.6 Å². The Morgan fingerprint density at radius 1 is 1.11 bits per heavy atom. The molecule has 0 aliphatic rings. The molecule has 0 bridgehead atoms. The van der Waals surface area contributed by atoms with E-state index >= 15 is 0 Å². The Labute approximate surface area is 125 Å². The fraction of sp³-hybridized carbons (Fsp3) is 0.133. The summed E-state index contributed by atoms with van der Waals surface area (Å²) in [6, 6.07) is 11.2. The average molecular weight is 371 g/mol. The van der Waals surface area contributed by atoms with E-state index in [1.54, 1.807) is 6.07 Å². The Morgan fingerprint density at radius 2 is 1.83 bits per heavy atom. The van der Waals surface area contributed by atoms with E-state index in [0.29, 0.717) is 10.6 Å². The van der Waals surface area contributed by atoms with Crippen LogP contribution in [0.3, 0.4) is 0 Å². The number of hydrogen-bond donors (Lipinski definition) is 0. The van der Waals surface area contributed by atoms with Crippen LogP contribution in [0.5, 0.6) is 0 Å². The van der Waals surface area contributed by atoms with Crippen LogP contribution in [-0.4, -0.2) is 5.78 Å². The molecule has 0 N–H and O–H groups in total. The summed E-state index contributed by atoms with van der Waals surface area (Å²) in [5, 5.41) is 0.617. The van der Waals surface area contributed by atoms with Gasteiger partial charge in [-0.05, 0) is 60.2 Å². The third-order valence-corrected chi connectivity index (χ3v) is 4.38. The molecule has 0 aromatic heterocycles. The van der Waals surface area contributed by atoms with Crippen LogP contribution in [0.15, 0.2) is 36.4 Å². The van der Waals surface area contributed by atoms with Gasteiger partial charge < -0.3 is 0 Å². The molecular weight excluding hydrogens is 359 g/mol. The topological polar surface area (TPSA) is 17.1 Å². The first-order chi connectivity index (χ1) is 8.49. The number of carbonyl (C=O) groups is 1. The highest BCUT2D eigenvalue weighted by atomic mass is 127. The van der Waals surface area contributed by atoms with E-state index in [-0.39, 0.29) is 5.78 Å². The normalized spacial score (nSPS) is 10.4. The van der Waals surface area contributed by atoms with Crippen molar-refractivity contribution in [3.8, 4) is 0 Å². The van der Waals surface area contributed by atoms with E-state index < -0.39 is 0 Å². The molecule has 0 heterocycles. The molecule has 0 aliphatic carbocycles. The molecule has 0 spiro atoms. The van der Waals surface area contributed by atoms with Crippen molar-refractivity contribution in [1.82, 2.24) is 0 Å². The van der Waals surface area contributed by atoms with Crippen LogP contribution >= 0.6 is 34.2 Å². The molecule has 2 aromatic carbocycles. The van der Waals surface area contributed by atoms with Gasteiger partial charge in [-0.25, -0.2) is 0 Å². The summed E-state index contributed by atoms with van der Waals surface area (Å²) < 4.78 is 0.950. The minimum absolute atomic E-state index is 0.0193.